The SMILES string of the molecule is CCC1(CC)CCc2cc(C(=O)O)ccc2C1=O. The van der Waals surface area contributed by atoms with Gasteiger partial charge >= 0.3 is 5.97 Å². The van der Waals surface area contributed by atoms with Crippen molar-refractivity contribution >= 4 is 11.8 Å². The normalized spacial score (nSPS) is 17.3. The standard InChI is InChI=1S/C15H18O3/c1-3-15(4-2)8-7-10-9-11(14(17)18)5-6-12(10)13(15)16/h5-6,9H,3-4,7-8H2,1-2H3,(H,17,18). The molecule has 0 spiro atoms. The maximum absolute atomic E-state index is 12.5. The fraction of sp³-hybridized carbons (Fsp3) is 0.467. The van der Waals surface area contributed by atoms with Gasteiger partial charge in [-0.05, 0) is 43.4 Å². The average Bonchev–Trinajstić information content (AvgIpc) is 2.39. The lowest BCUT2D eigenvalue weighted by Gasteiger charge is -2.35. The summed E-state index contributed by atoms with van der Waals surface area (Å²) >= 11 is 0. The second-order valence-corrected chi connectivity index (χ2v) is 4.99. The first-order chi connectivity index (χ1) is 8.54. The molecule has 1 aliphatic rings. The molecule has 1 aliphatic carbocycles. The van der Waals surface area contributed by atoms with Gasteiger partial charge in [0.25, 0.3) is 0 Å². The highest BCUT2D eigenvalue weighted by Gasteiger charge is 2.39. The molecule has 0 fully saturated rings. The highest BCUT2D eigenvalue weighted by molar-refractivity contribution is 6.03. The fourth-order valence-electron chi connectivity index (χ4n) is 2.85. The molecule has 0 atom stereocenters. The van der Waals surface area contributed by atoms with Crippen molar-refractivity contribution in [2.45, 2.75) is 39.5 Å². The zero-order valence-corrected chi connectivity index (χ0v) is 10.8. The Morgan fingerprint density at radius 3 is 2.56 bits per heavy atom. The minimum Gasteiger partial charge on any atom is -0.478 e. The number of carboxylic acids is 1. The molecular formula is C15H18O3. The summed E-state index contributed by atoms with van der Waals surface area (Å²) < 4.78 is 0. The van der Waals surface area contributed by atoms with Gasteiger partial charge in [-0.2, -0.15) is 0 Å². The van der Waals surface area contributed by atoms with Crippen LogP contribution in [0.2, 0.25) is 0 Å². The Labute approximate surface area is 107 Å². The predicted octanol–water partition coefficient (Wildman–Crippen LogP) is 3.32. The minimum atomic E-state index is -0.937. The summed E-state index contributed by atoms with van der Waals surface area (Å²) in [4.78, 5) is 23.5. The summed E-state index contributed by atoms with van der Waals surface area (Å²) in [6.07, 6.45) is 3.32. The van der Waals surface area contributed by atoms with E-state index in [4.69, 9.17) is 5.11 Å². The average molecular weight is 246 g/mol. The molecule has 0 heterocycles. The molecule has 0 radical (unpaired) electrons. The molecule has 96 valence electrons. The number of hydrogen-bond acceptors (Lipinski definition) is 2. The van der Waals surface area contributed by atoms with Gasteiger partial charge < -0.3 is 5.11 Å². The van der Waals surface area contributed by atoms with Gasteiger partial charge in [-0.15, -0.1) is 0 Å². The van der Waals surface area contributed by atoms with Crippen LogP contribution in [0.5, 0.6) is 0 Å². The predicted molar refractivity (Wildman–Crippen MR) is 69.1 cm³/mol. The van der Waals surface area contributed by atoms with Crippen molar-refractivity contribution in [3.8, 4) is 0 Å². The van der Waals surface area contributed by atoms with E-state index < -0.39 is 5.97 Å². The number of rotatable bonds is 3. The summed E-state index contributed by atoms with van der Waals surface area (Å²) in [7, 11) is 0. The second-order valence-electron chi connectivity index (χ2n) is 4.99. The van der Waals surface area contributed by atoms with Crippen LogP contribution < -0.4 is 0 Å². The Kier molecular flexibility index (Phi) is 3.24. The Hall–Kier alpha value is -1.64. The van der Waals surface area contributed by atoms with Gasteiger partial charge in [-0.3, -0.25) is 4.79 Å². The molecule has 2 rings (SSSR count). The van der Waals surface area contributed by atoms with Gasteiger partial charge in [-0.25, -0.2) is 4.79 Å². The van der Waals surface area contributed by atoms with Crippen LogP contribution in [0.4, 0.5) is 0 Å². The van der Waals surface area contributed by atoms with E-state index in [0.29, 0.717) is 0 Å². The Morgan fingerprint density at radius 2 is 2.00 bits per heavy atom. The highest BCUT2D eigenvalue weighted by Crippen LogP contribution is 2.40. The zero-order valence-electron chi connectivity index (χ0n) is 10.8. The number of ketones is 1. The molecule has 0 saturated carbocycles. The van der Waals surface area contributed by atoms with E-state index in [1.165, 1.54) is 6.07 Å². The molecule has 3 nitrogen and oxygen atoms in total. The molecule has 0 saturated heterocycles. The third kappa shape index (κ3) is 1.84. The van der Waals surface area contributed by atoms with E-state index in [1.54, 1.807) is 12.1 Å². The fourth-order valence-corrected chi connectivity index (χ4v) is 2.85. The zero-order chi connectivity index (χ0) is 13.3. The summed E-state index contributed by atoms with van der Waals surface area (Å²) in [5.41, 5.74) is 1.63. The highest BCUT2D eigenvalue weighted by atomic mass is 16.4. The molecule has 0 amide bonds. The van der Waals surface area contributed by atoms with Gasteiger partial charge in [0, 0.05) is 11.0 Å². The van der Waals surface area contributed by atoms with Crippen LogP contribution >= 0.6 is 0 Å². The molecule has 0 bridgehead atoms. The third-order valence-corrected chi connectivity index (χ3v) is 4.30. The van der Waals surface area contributed by atoms with Gasteiger partial charge in [0.2, 0.25) is 0 Å². The Bertz CT molecular complexity index is 498. The number of carbonyl (C=O) groups excluding carboxylic acids is 1. The monoisotopic (exact) mass is 246 g/mol. The van der Waals surface area contributed by atoms with Crippen molar-refractivity contribution in [2.75, 3.05) is 0 Å². The number of hydrogen-bond donors (Lipinski definition) is 1. The molecule has 1 aromatic rings. The molecule has 0 aliphatic heterocycles. The number of carbonyl (C=O) groups is 2. The van der Waals surface area contributed by atoms with Crippen LogP contribution in [0.1, 0.15) is 59.4 Å². The van der Waals surface area contributed by atoms with E-state index in [1.807, 2.05) is 0 Å². The van der Waals surface area contributed by atoms with Crippen molar-refractivity contribution < 1.29 is 14.7 Å². The number of fused-ring (bicyclic) bond motifs is 1. The number of aryl methyl sites for hydroxylation is 1. The second kappa shape index (κ2) is 4.56. The van der Waals surface area contributed by atoms with Crippen molar-refractivity contribution in [3.05, 3.63) is 34.9 Å². The molecule has 1 aromatic carbocycles. The minimum absolute atomic E-state index is 0.186. The molecule has 1 N–H and O–H groups in total. The molecule has 18 heavy (non-hydrogen) atoms. The van der Waals surface area contributed by atoms with E-state index in [-0.39, 0.29) is 16.8 Å². The maximum Gasteiger partial charge on any atom is 0.335 e. The first-order valence-corrected chi connectivity index (χ1v) is 6.45. The number of benzene rings is 1. The summed E-state index contributed by atoms with van der Waals surface area (Å²) in [5, 5.41) is 8.96. The van der Waals surface area contributed by atoms with Crippen molar-refractivity contribution in [3.63, 3.8) is 0 Å². The summed E-state index contributed by atoms with van der Waals surface area (Å²) in [5.74, 6) is -0.751. The number of Topliss-reactive ketones (excluding diaryl/α,β-unsaturated/α-hetero) is 1. The van der Waals surface area contributed by atoms with Gasteiger partial charge in [0.15, 0.2) is 5.78 Å². The summed E-state index contributed by atoms with van der Waals surface area (Å²) in [6.45, 7) is 4.11. The topological polar surface area (TPSA) is 54.4 Å². The van der Waals surface area contributed by atoms with Crippen LogP contribution in [-0.4, -0.2) is 16.9 Å². The van der Waals surface area contributed by atoms with Crippen LogP contribution in [0.3, 0.4) is 0 Å². The van der Waals surface area contributed by atoms with Gasteiger partial charge in [0.05, 0.1) is 5.56 Å². The van der Waals surface area contributed by atoms with Crippen molar-refractivity contribution in [1.82, 2.24) is 0 Å². The lowest BCUT2D eigenvalue weighted by atomic mass is 9.67. The molecule has 3 heteroatoms. The van der Waals surface area contributed by atoms with Crippen LogP contribution in [-0.2, 0) is 6.42 Å². The number of carboxylic acid groups (broad SMARTS) is 1. The van der Waals surface area contributed by atoms with E-state index >= 15 is 0 Å². The maximum atomic E-state index is 12.5. The van der Waals surface area contributed by atoms with E-state index in [0.717, 1.165) is 36.8 Å². The van der Waals surface area contributed by atoms with E-state index in [2.05, 4.69) is 13.8 Å². The van der Waals surface area contributed by atoms with Crippen LogP contribution in [0.15, 0.2) is 18.2 Å². The quantitative estimate of drug-likeness (QED) is 0.890. The smallest absolute Gasteiger partial charge is 0.335 e. The Balaban J connectivity index is 2.46. The Morgan fingerprint density at radius 1 is 1.33 bits per heavy atom. The van der Waals surface area contributed by atoms with Gasteiger partial charge in [0.1, 0.15) is 0 Å². The largest absolute Gasteiger partial charge is 0.478 e. The lowest BCUT2D eigenvalue weighted by molar-refractivity contribution is 0.0691. The third-order valence-electron chi connectivity index (χ3n) is 4.30. The molecular weight excluding hydrogens is 228 g/mol. The van der Waals surface area contributed by atoms with Crippen LogP contribution in [0, 0.1) is 5.41 Å². The van der Waals surface area contributed by atoms with Crippen molar-refractivity contribution in [2.24, 2.45) is 5.41 Å². The van der Waals surface area contributed by atoms with Crippen molar-refractivity contribution in [1.29, 1.82) is 0 Å². The first-order valence-electron chi connectivity index (χ1n) is 6.45. The summed E-state index contributed by atoms with van der Waals surface area (Å²) in [6, 6.07) is 4.85. The first kappa shape index (κ1) is 12.8. The molecule has 0 unspecified atom stereocenters. The van der Waals surface area contributed by atoms with Gasteiger partial charge in [-0.1, -0.05) is 19.9 Å². The molecule has 0 aromatic heterocycles. The number of aromatic carboxylic acids is 1. The lowest BCUT2D eigenvalue weighted by Crippen LogP contribution is -2.35. The van der Waals surface area contributed by atoms with E-state index in [9.17, 15) is 9.59 Å². The van der Waals surface area contributed by atoms with Crippen LogP contribution in [0.25, 0.3) is 0 Å².